The normalized spacial score (nSPS) is 14.3. The van der Waals surface area contributed by atoms with Crippen LogP contribution in [0.15, 0.2) is 24.3 Å². The SMILES string of the molecule is COCCCCOc1ccccc1C(=O)NCC(CC(N)C(O)CNC(=O)C(C)(C)OC)C(C)C. The number of hydrogen-bond acceptors (Lipinski definition) is 7. The number of ether oxygens (including phenoxy) is 3. The van der Waals surface area contributed by atoms with Gasteiger partial charge in [0.15, 0.2) is 0 Å². The molecule has 200 valence electrons. The van der Waals surface area contributed by atoms with E-state index in [0.717, 1.165) is 12.8 Å². The van der Waals surface area contributed by atoms with Crippen molar-refractivity contribution >= 4 is 11.8 Å². The molecule has 1 rings (SSSR count). The Morgan fingerprint density at radius 2 is 1.71 bits per heavy atom. The van der Waals surface area contributed by atoms with Crippen molar-refractivity contribution in [1.29, 1.82) is 0 Å². The number of benzene rings is 1. The molecule has 35 heavy (non-hydrogen) atoms. The molecule has 0 aliphatic heterocycles. The van der Waals surface area contributed by atoms with E-state index >= 15 is 0 Å². The smallest absolute Gasteiger partial charge is 0.255 e. The van der Waals surface area contributed by atoms with Gasteiger partial charge in [-0.2, -0.15) is 0 Å². The van der Waals surface area contributed by atoms with Gasteiger partial charge in [0.1, 0.15) is 11.4 Å². The number of nitrogens with two attached hydrogens (primary N) is 1. The average Bonchev–Trinajstić information content (AvgIpc) is 2.84. The summed E-state index contributed by atoms with van der Waals surface area (Å²) in [4.78, 5) is 25.1. The minimum absolute atomic E-state index is 0.0268. The molecule has 0 saturated heterocycles. The van der Waals surface area contributed by atoms with Crippen LogP contribution in [0.25, 0.3) is 0 Å². The number of carbonyl (C=O) groups excluding carboxylic acids is 2. The molecule has 0 aliphatic rings. The summed E-state index contributed by atoms with van der Waals surface area (Å²) in [6, 6.07) is 6.61. The van der Waals surface area contributed by atoms with Crippen molar-refractivity contribution in [3.05, 3.63) is 29.8 Å². The van der Waals surface area contributed by atoms with E-state index < -0.39 is 17.7 Å². The van der Waals surface area contributed by atoms with Gasteiger partial charge in [-0.15, -0.1) is 0 Å². The predicted molar refractivity (Wildman–Crippen MR) is 136 cm³/mol. The topological polar surface area (TPSA) is 132 Å². The second kappa shape index (κ2) is 15.7. The van der Waals surface area contributed by atoms with E-state index in [9.17, 15) is 14.7 Å². The Labute approximate surface area is 210 Å². The van der Waals surface area contributed by atoms with Crippen LogP contribution in [-0.4, -0.2) is 75.2 Å². The zero-order valence-electron chi connectivity index (χ0n) is 22.1. The molecule has 0 aliphatic carbocycles. The van der Waals surface area contributed by atoms with E-state index in [0.29, 0.717) is 37.5 Å². The summed E-state index contributed by atoms with van der Waals surface area (Å²) in [7, 11) is 3.12. The highest BCUT2D eigenvalue weighted by atomic mass is 16.5. The van der Waals surface area contributed by atoms with Crippen molar-refractivity contribution in [2.75, 3.05) is 40.5 Å². The van der Waals surface area contributed by atoms with Crippen LogP contribution in [0, 0.1) is 11.8 Å². The molecule has 5 N–H and O–H groups in total. The lowest BCUT2D eigenvalue weighted by Gasteiger charge is -2.28. The number of nitrogens with one attached hydrogen (secondary N) is 2. The quantitative estimate of drug-likeness (QED) is 0.243. The van der Waals surface area contributed by atoms with Crippen LogP contribution < -0.4 is 21.1 Å². The Bertz CT molecular complexity index is 771. The van der Waals surface area contributed by atoms with Crippen LogP contribution in [0.4, 0.5) is 0 Å². The molecule has 0 radical (unpaired) electrons. The molecule has 0 fully saturated rings. The van der Waals surface area contributed by atoms with Crippen molar-refractivity contribution < 1.29 is 28.9 Å². The van der Waals surface area contributed by atoms with Gasteiger partial charge in [0.05, 0.1) is 18.3 Å². The Morgan fingerprint density at radius 3 is 2.34 bits per heavy atom. The van der Waals surface area contributed by atoms with Crippen LogP contribution in [0.5, 0.6) is 5.75 Å². The largest absolute Gasteiger partial charge is 0.493 e. The van der Waals surface area contributed by atoms with E-state index in [-0.39, 0.29) is 30.2 Å². The van der Waals surface area contributed by atoms with Crippen LogP contribution in [0.3, 0.4) is 0 Å². The first kappa shape index (κ1) is 30.8. The van der Waals surface area contributed by atoms with Crippen molar-refractivity contribution in [3.63, 3.8) is 0 Å². The van der Waals surface area contributed by atoms with E-state index in [2.05, 4.69) is 24.5 Å². The van der Waals surface area contributed by atoms with E-state index in [4.69, 9.17) is 19.9 Å². The van der Waals surface area contributed by atoms with Gasteiger partial charge < -0.3 is 35.7 Å². The second-order valence-electron chi connectivity index (χ2n) is 9.65. The maximum Gasteiger partial charge on any atom is 0.255 e. The summed E-state index contributed by atoms with van der Waals surface area (Å²) >= 11 is 0. The zero-order chi connectivity index (χ0) is 26.4. The number of carbonyl (C=O) groups is 2. The highest BCUT2D eigenvalue weighted by Crippen LogP contribution is 2.20. The molecule has 3 unspecified atom stereocenters. The Kier molecular flexibility index (Phi) is 13.9. The molecule has 9 nitrogen and oxygen atoms in total. The molecule has 3 atom stereocenters. The fourth-order valence-corrected chi connectivity index (χ4v) is 3.38. The van der Waals surface area contributed by atoms with Gasteiger partial charge in [-0.3, -0.25) is 9.59 Å². The van der Waals surface area contributed by atoms with E-state index in [1.54, 1.807) is 39.2 Å². The number of methoxy groups -OCH3 is 2. The van der Waals surface area contributed by atoms with Crippen LogP contribution in [-0.2, 0) is 14.3 Å². The van der Waals surface area contributed by atoms with Gasteiger partial charge in [0.2, 0.25) is 0 Å². The number of aliphatic hydroxyl groups excluding tert-OH is 1. The Hall–Kier alpha value is -2.20. The fourth-order valence-electron chi connectivity index (χ4n) is 3.38. The minimum atomic E-state index is -0.988. The van der Waals surface area contributed by atoms with Gasteiger partial charge >= 0.3 is 0 Å². The van der Waals surface area contributed by atoms with Gasteiger partial charge in [0.25, 0.3) is 11.8 Å². The van der Waals surface area contributed by atoms with Gasteiger partial charge in [-0.1, -0.05) is 26.0 Å². The molecule has 1 aromatic rings. The summed E-state index contributed by atoms with van der Waals surface area (Å²) in [5.41, 5.74) is 5.73. The van der Waals surface area contributed by atoms with E-state index in [1.807, 2.05) is 6.07 Å². The van der Waals surface area contributed by atoms with Crippen molar-refractivity contribution in [2.24, 2.45) is 17.6 Å². The number of rotatable bonds is 17. The second-order valence-corrected chi connectivity index (χ2v) is 9.65. The predicted octanol–water partition coefficient (Wildman–Crippen LogP) is 2.11. The lowest BCUT2D eigenvalue weighted by molar-refractivity contribution is -0.140. The minimum Gasteiger partial charge on any atom is -0.493 e. The standard InChI is InChI=1S/C26H45N3O6/c1-18(2)19(15-21(27)22(30)17-29-25(32)26(3,4)34-6)16-28-24(31)20-11-7-8-12-23(20)35-14-10-9-13-33-5/h7-8,11-12,18-19,21-22,30H,9-10,13-17,27H2,1-6H3,(H,28,31)(H,29,32). The number of para-hydroxylation sites is 1. The van der Waals surface area contributed by atoms with Gasteiger partial charge in [0, 0.05) is 40.0 Å². The highest BCUT2D eigenvalue weighted by Gasteiger charge is 2.29. The zero-order valence-corrected chi connectivity index (χ0v) is 22.1. The molecule has 0 spiro atoms. The Morgan fingerprint density at radius 1 is 1.06 bits per heavy atom. The molecule has 2 amide bonds. The fraction of sp³-hybridized carbons (Fsp3) is 0.692. The number of amides is 2. The molecule has 1 aromatic carbocycles. The summed E-state index contributed by atoms with van der Waals surface area (Å²) in [5, 5.41) is 16.1. The van der Waals surface area contributed by atoms with Crippen molar-refractivity contribution in [3.8, 4) is 5.75 Å². The van der Waals surface area contributed by atoms with Crippen molar-refractivity contribution in [2.45, 2.75) is 64.7 Å². The molecule has 0 saturated carbocycles. The molecule has 0 bridgehead atoms. The van der Waals surface area contributed by atoms with Crippen LogP contribution >= 0.6 is 0 Å². The first-order valence-corrected chi connectivity index (χ1v) is 12.3. The third-order valence-corrected chi connectivity index (χ3v) is 6.20. The molecule has 0 aromatic heterocycles. The van der Waals surface area contributed by atoms with Crippen LogP contribution in [0.1, 0.15) is 57.3 Å². The summed E-state index contributed by atoms with van der Waals surface area (Å²) in [6.07, 6.45) is 1.29. The molecular weight excluding hydrogens is 450 g/mol. The average molecular weight is 496 g/mol. The summed E-state index contributed by atoms with van der Waals surface area (Å²) in [6.45, 7) is 9.02. The monoisotopic (exact) mass is 495 g/mol. The number of hydrogen-bond donors (Lipinski definition) is 4. The van der Waals surface area contributed by atoms with E-state index in [1.165, 1.54) is 7.11 Å². The Balaban J connectivity index is 2.63. The third kappa shape index (κ3) is 10.9. The van der Waals surface area contributed by atoms with Crippen LogP contribution in [0.2, 0.25) is 0 Å². The summed E-state index contributed by atoms with van der Waals surface area (Å²) < 4.78 is 16.0. The molecular formula is C26H45N3O6. The lowest BCUT2D eigenvalue weighted by Crippen LogP contribution is -2.50. The maximum atomic E-state index is 12.9. The first-order valence-electron chi connectivity index (χ1n) is 12.3. The van der Waals surface area contributed by atoms with Gasteiger partial charge in [-0.05, 0) is 57.1 Å². The van der Waals surface area contributed by atoms with Gasteiger partial charge in [-0.25, -0.2) is 0 Å². The number of aliphatic hydroxyl groups is 1. The summed E-state index contributed by atoms with van der Waals surface area (Å²) in [5.74, 6) is 0.273. The number of unbranched alkanes of at least 4 members (excludes halogenated alkanes) is 1. The van der Waals surface area contributed by atoms with Crippen molar-refractivity contribution in [1.82, 2.24) is 10.6 Å². The third-order valence-electron chi connectivity index (χ3n) is 6.20. The maximum absolute atomic E-state index is 12.9. The highest BCUT2D eigenvalue weighted by molar-refractivity contribution is 5.96. The first-order chi connectivity index (χ1) is 16.5. The molecule has 9 heteroatoms. The molecule has 0 heterocycles. The lowest BCUT2D eigenvalue weighted by atomic mass is 9.87.